The Morgan fingerprint density at radius 2 is 1.45 bits per heavy atom. The molecule has 0 amide bonds. The standard InChI is InChI=1S/C17H18O3/c1-12(13-8-5-4-6-9-13)17(18)16-14(19-2)10-7-11-15(16)20-3/h4-12H,1-3H3. The summed E-state index contributed by atoms with van der Waals surface area (Å²) in [5.74, 6) is 0.821. The molecule has 0 saturated heterocycles. The number of methoxy groups -OCH3 is 2. The van der Waals surface area contributed by atoms with Crippen molar-refractivity contribution < 1.29 is 14.3 Å². The van der Waals surface area contributed by atoms with Crippen LogP contribution in [0.5, 0.6) is 11.5 Å². The molecule has 0 aliphatic heterocycles. The van der Waals surface area contributed by atoms with Crippen LogP contribution in [0, 0.1) is 0 Å². The normalized spacial score (nSPS) is 11.8. The van der Waals surface area contributed by atoms with Gasteiger partial charge in [0, 0.05) is 5.92 Å². The second-order valence-corrected chi connectivity index (χ2v) is 4.53. The smallest absolute Gasteiger partial charge is 0.177 e. The third kappa shape index (κ3) is 2.67. The molecule has 20 heavy (non-hydrogen) atoms. The fourth-order valence-corrected chi connectivity index (χ4v) is 2.20. The Hall–Kier alpha value is -2.29. The number of Topliss-reactive ketones (excluding diaryl/α,β-unsaturated/α-hetero) is 1. The Kier molecular flexibility index (Phi) is 4.41. The third-order valence-corrected chi connectivity index (χ3v) is 3.37. The number of carbonyl (C=O) groups excluding carboxylic acids is 1. The second-order valence-electron chi connectivity index (χ2n) is 4.53. The van der Waals surface area contributed by atoms with Crippen LogP contribution in [0.15, 0.2) is 48.5 Å². The Bertz CT molecular complexity index is 568. The maximum atomic E-state index is 12.7. The van der Waals surface area contributed by atoms with Crippen LogP contribution < -0.4 is 9.47 Å². The summed E-state index contributed by atoms with van der Waals surface area (Å²) in [6.45, 7) is 1.89. The molecule has 2 rings (SSSR count). The summed E-state index contributed by atoms with van der Waals surface area (Å²) >= 11 is 0. The molecule has 3 heteroatoms. The molecular formula is C17H18O3. The summed E-state index contributed by atoms with van der Waals surface area (Å²) < 4.78 is 10.6. The zero-order chi connectivity index (χ0) is 14.5. The number of hydrogen-bond acceptors (Lipinski definition) is 3. The van der Waals surface area contributed by atoms with Gasteiger partial charge in [-0.1, -0.05) is 43.3 Å². The fourth-order valence-electron chi connectivity index (χ4n) is 2.20. The number of benzene rings is 2. The van der Waals surface area contributed by atoms with Crippen LogP contribution in [0.1, 0.15) is 28.8 Å². The minimum absolute atomic E-state index is 0.00880. The van der Waals surface area contributed by atoms with Crippen LogP contribution >= 0.6 is 0 Å². The first-order valence-corrected chi connectivity index (χ1v) is 6.49. The van der Waals surface area contributed by atoms with Gasteiger partial charge in [0.2, 0.25) is 0 Å². The molecule has 3 nitrogen and oxygen atoms in total. The maximum Gasteiger partial charge on any atom is 0.177 e. The molecule has 0 radical (unpaired) electrons. The summed E-state index contributed by atoms with van der Waals surface area (Å²) in [5.41, 5.74) is 1.47. The molecule has 2 aromatic rings. The minimum atomic E-state index is -0.249. The van der Waals surface area contributed by atoms with E-state index >= 15 is 0 Å². The Morgan fingerprint density at radius 3 is 1.95 bits per heavy atom. The molecule has 2 aromatic carbocycles. The summed E-state index contributed by atoms with van der Waals surface area (Å²) in [4.78, 5) is 12.7. The number of rotatable bonds is 5. The van der Waals surface area contributed by atoms with Gasteiger partial charge in [-0.15, -0.1) is 0 Å². The van der Waals surface area contributed by atoms with Crippen molar-refractivity contribution >= 4 is 5.78 Å². The van der Waals surface area contributed by atoms with Crippen LogP contribution in [0.25, 0.3) is 0 Å². The van der Waals surface area contributed by atoms with E-state index in [1.807, 2.05) is 43.3 Å². The van der Waals surface area contributed by atoms with Gasteiger partial charge in [-0.3, -0.25) is 4.79 Å². The molecule has 0 spiro atoms. The lowest BCUT2D eigenvalue weighted by molar-refractivity contribution is 0.0960. The van der Waals surface area contributed by atoms with Crippen molar-refractivity contribution in [1.29, 1.82) is 0 Å². The van der Waals surface area contributed by atoms with Gasteiger partial charge in [0.25, 0.3) is 0 Å². The summed E-state index contributed by atoms with van der Waals surface area (Å²) in [6.07, 6.45) is 0. The second kappa shape index (κ2) is 6.24. The number of carbonyl (C=O) groups is 1. The zero-order valence-corrected chi connectivity index (χ0v) is 11.9. The molecule has 0 saturated carbocycles. The lowest BCUT2D eigenvalue weighted by Gasteiger charge is -2.16. The summed E-state index contributed by atoms with van der Waals surface area (Å²) in [7, 11) is 3.11. The molecule has 0 bridgehead atoms. The van der Waals surface area contributed by atoms with Crippen molar-refractivity contribution in [3.8, 4) is 11.5 Å². The van der Waals surface area contributed by atoms with E-state index < -0.39 is 0 Å². The highest BCUT2D eigenvalue weighted by Gasteiger charge is 2.24. The van der Waals surface area contributed by atoms with Gasteiger partial charge in [0.15, 0.2) is 5.78 Å². The largest absolute Gasteiger partial charge is 0.496 e. The monoisotopic (exact) mass is 270 g/mol. The number of ketones is 1. The highest BCUT2D eigenvalue weighted by molar-refractivity contribution is 6.05. The molecule has 104 valence electrons. The molecule has 1 atom stereocenters. The molecule has 0 aliphatic carbocycles. The van der Waals surface area contributed by atoms with E-state index in [9.17, 15) is 4.79 Å². The van der Waals surface area contributed by atoms with Crippen LogP contribution in [-0.4, -0.2) is 20.0 Å². The Morgan fingerprint density at radius 1 is 0.900 bits per heavy atom. The van der Waals surface area contributed by atoms with Crippen LogP contribution in [0.2, 0.25) is 0 Å². The highest BCUT2D eigenvalue weighted by atomic mass is 16.5. The van der Waals surface area contributed by atoms with Crippen molar-refractivity contribution in [3.63, 3.8) is 0 Å². The topological polar surface area (TPSA) is 35.5 Å². The Balaban J connectivity index is 2.43. The molecule has 1 unspecified atom stereocenters. The lowest BCUT2D eigenvalue weighted by Crippen LogP contribution is -2.12. The molecule has 0 fully saturated rings. The number of hydrogen-bond donors (Lipinski definition) is 0. The lowest BCUT2D eigenvalue weighted by atomic mass is 9.91. The van der Waals surface area contributed by atoms with Gasteiger partial charge in [-0.2, -0.15) is 0 Å². The summed E-state index contributed by atoms with van der Waals surface area (Å²) in [5, 5.41) is 0. The highest BCUT2D eigenvalue weighted by Crippen LogP contribution is 2.33. The van der Waals surface area contributed by atoms with Crippen molar-refractivity contribution in [2.45, 2.75) is 12.8 Å². The van der Waals surface area contributed by atoms with E-state index in [0.29, 0.717) is 17.1 Å². The van der Waals surface area contributed by atoms with Crippen LogP contribution in [-0.2, 0) is 0 Å². The SMILES string of the molecule is COc1cccc(OC)c1C(=O)C(C)c1ccccc1. The van der Waals surface area contributed by atoms with Gasteiger partial charge >= 0.3 is 0 Å². The van der Waals surface area contributed by atoms with Crippen molar-refractivity contribution in [2.75, 3.05) is 14.2 Å². The minimum Gasteiger partial charge on any atom is -0.496 e. The van der Waals surface area contributed by atoms with Gasteiger partial charge in [0.1, 0.15) is 17.1 Å². The molecular weight excluding hydrogens is 252 g/mol. The van der Waals surface area contributed by atoms with Crippen LogP contribution in [0.4, 0.5) is 0 Å². The first-order chi connectivity index (χ1) is 9.69. The predicted molar refractivity (Wildman–Crippen MR) is 78.7 cm³/mol. The van der Waals surface area contributed by atoms with Crippen molar-refractivity contribution in [1.82, 2.24) is 0 Å². The molecule has 0 heterocycles. The third-order valence-electron chi connectivity index (χ3n) is 3.37. The van der Waals surface area contributed by atoms with Crippen molar-refractivity contribution in [3.05, 3.63) is 59.7 Å². The average molecular weight is 270 g/mol. The first-order valence-electron chi connectivity index (χ1n) is 6.49. The maximum absolute atomic E-state index is 12.7. The van der Waals surface area contributed by atoms with E-state index in [1.165, 1.54) is 0 Å². The fraction of sp³-hybridized carbons (Fsp3) is 0.235. The van der Waals surface area contributed by atoms with Crippen molar-refractivity contribution in [2.24, 2.45) is 0 Å². The predicted octanol–water partition coefficient (Wildman–Crippen LogP) is 3.69. The molecule has 0 aromatic heterocycles. The average Bonchev–Trinajstić information content (AvgIpc) is 2.53. The van der Waals surface area contributed by atoms with E-state index in [4.69, 9.17) is 9.47 Å². The quantitative estimate of drug-likeness (QED) is 0.777. The zero-order valence-electron chi connectivity index (χ0n) is 11.9. The molecule has 0 aliphatic rings. The van der Waals surface area contributed by atoms with E-state index in [1.54, 1.807) is 26.4 Å². The Labute approximate surface area is 119 Å². The van der Waals surface area contributed by atoms with Gasteiger partial charge in [-0.25, -0.2) is 0 Å². The van der Waals surface area contributed by atoms with E-state index in [0.717, 1.165) is 5.56 Å². The number of ether oxygens (including phenoxy) is 2. The van der Waals surface area contributed by atoms with E-state index in [-0.39, 0.29) is 11.7 Å². The van der Waals surface area contributed by atoms with E-state index in [2.05, 4.69) is 0 Å². The van der Waals surface area contributed by atoms with Gasteiger partial charge < -0.3 is 9.47 Å². The van der Waals surface area contributed by atoms with Crippen LogP contribution in [0.3, 0.4) is 0 Å². The first kappa shape index (κ1) is 14.1. The molecule has 0 N–H and O–H groups in total. The van der Waals surface area contributed by atoms with Gasteiger partial charge in [0.05, 0.1) is 14.2 Å². The summed E-state index contributed by atoms with van der Waals surface area (Å²) in [6, 6.07) is 15.0. The van der Waals surface area contributed by atoms with Gasteiger partial charge in [-0.05, 0) is 17.7 Å².